The van der Waals surface area contributed by atoms with Crippen molar-refractivity contribution in [1.82, 2.24) is 9.97 Å². The van der Waals surface area contributed by atoms with Crippen molar-refractivity contribution in [2.75, 3.05) is 0 Å². The Balaban J connectivity index is 2.04. The molecule has 0 saturated carbocycles. The monoisotopic (exact) mass is 256 g/mol. The van der Waals surface area contributed by atoms with Crippen molar-refractivity contribution in [2.45, 2.75) is 6.42 Å². The maximum atomic E-state index is 12.4. The summed E-state index contributed by atoms with van der Waals surface area (Å²) in [7, 11) is 0. The number of carbonyl (C=O) groups is 1. The van der Waals surface area contributed by atoms with Gasteiger partial charge in [-0.05, 0) is 18.2 Å². The molecule has 0 saturated heterocycles. The highest BCUT2D eigenvalue weighted by molar-refractivity contribution is 6.38. The van der Waals surface area contributed by atoms with Crippen LogP contribution in [0.1, 0.15) is 21.6 Å². The molecule has 2 heterocycles. The lowest BCUT2D eigenvalue weighted by molar-refractivity contribution is 0.105. The van der Waals surface area contributed by atoms with E-state index in [1.54, 1.807) is 24.5 Å². The number of Topliss-reactive ketones (excluding diaryl/α,β-unsaturated/α-hetero) is 1. The summed E-state index contributed by atoms with van der Waals surface area (Å²) in [6.07, 6.45) is 5.88. The second-order valence-corrected chi connectivity index (χ2v) is 4.35. The van der Waals surface area contributed by atoms with Crippen LogP contribution in [0, 0.1) is 0 Å². The van der Waals surface area contributed by atoms with Crippen molar-refractivity contribution >= 4 is 23.0 Å². The van der Waals surface area contributed by atoms with Gasteiger partial charge in [0.2, 0.25) is 0 Å². The molecule has 0 atom stereocenters. The van der Waals surface area contributed by atoms with Gasteiger partial charge in [-0.2, -0.15) is 0 Å². The van der Waals surface area contributed by atoms with Gasteiger partial charge in [-0.1, -0.05) is 23.7 Å². The molecule has 0 radical (unpaired) electrons. The lowest BCUT2D eigenvalue weighted by atomic mass is 10.0. The Morgan fingerprint density at radius 1 is 1.17 bits per heavy atom. The van der Waals surface area contributed by atoms with Crippen LogP contribution in [0.3, 0.4) is 0 Å². The SMILES string of the molecule is O=C(C1=CCc2ncccc21)c1cccnc1Cl. The number of ketones is 1. The van der Waals surface area contributed by atoms with Crippen molar-refractivity contribution in [1.29, 1.82) is 0 Å². The number of pyridine rings is 2. The lowest BCUT2D eigenvalue weighted by Crippen LogP contribution is -2.03. The largest absolute Gasteiger partial charge is 0.288 e. The van der Waals surface area contributed by atoms with Crippen LogP contribution in [0.5, 0.6) is 0 Å². The summed E-state index contributed by atoms with van der Waals surface area (Å²) in [6.45, 7) is 0. The molecule has 4 heteroatoms. The predicted molar refractivity (Wildman–Crippen MR) is 69.5 cm³/mol. The van der Waals surface area contributed by atoms with Crippen molar-refractivity contribution in [3.05, 3.63) is 64.7 Å². The first-order valence-corrected chi connectivity index (χ1v) is 5.95. The molecular weight excluding hydrogens is 248 g/mol. The van der Waals surface area contributed by atoms with Gasteiger partial charge >= 0.3 is 0 Å². The molecule has 0 N–H and O–H groups in total. The Morgan fingerprint density at radius 2 is 1.94 bits per heavy atom. The second-order valence-electron chi connectivity index (χ2n) is 3.99. The van der Waals surface area contributed by atoms with Crippen LogP contribution < -0.4 is 0 Å². The maximum absolute atomic E-state index is 12.4. The molecule has 0 aromatic carbocycles. The van der Waals surface area contributed by atoms with Crippen LogP contribution in [0.2, 0.25) is 5.15 Å². The minimum atomic E-state index is -0.0974. The number of hydrogen-bond acceptors (Lipinski definition) is 3. The number of fused-ring (bicyclic) bond motifs is 1. The molecular formula is C14H9ClN2O. The standard InChI is InChI=1S/C14H9ClN2O/c15-14-11(4-2-8-17-14)13(18)10-5-6-12-9(10)3-1-7-16-12/h1-5,7-8H,6H2. The van der Waals surface area contributed by atoms with E-state index in [1.165, 1.54) is 0 Å². The lowest BCUT2D eigenvalue weighted by Gasteiger charge is -2.05. The molecule has 88 valence electrons. The zero-order chi connectivity index (χ0) is 12.5. The minimum Gasteiger partial charge on any atom is -0.288 e. The molecule has 1 aliphatic rings. The summed E-state index contributed by atoms with van der Waals surface area (Å²) in [6, 6.07) is 7.13. The molecule has 0 unspecified atom stereocenters. The third-order valence-electron chi connectivity index (χ3n) is 2.93. The van der Waals surface area contributed by atoms with Gasteiger partial charge in [-0.15, -0.1) is 0 Å². The second kappa shape index (κ2) is 4.35. The van der Waals surface area contributed by atoms with Gasteiger partial charge in [0.15, 0.2) is 5.78 Å². The first kappa shape index (κ1) is 11.1. The maximum Gasteiger partial charge on any atom is 0.196 e. The molecule has 18 heavy (non-hydrogen) atoms. The van der Waals surface area contributed by atoms with Crippen LogP contribution in [0.15, 0.2) is 42.7 Å². The zero-order valence-electron chi connectivity index (χ0n) is 9.43. The van der Waals surface area contributed by atoms with E-state index in [4.69, 9.17) is 11.6 Å². The quantitative estimate of drug-likeness (QED) is 0.613. The highest BCUT2D eigenvalue weighted by Crippen LogP contribution is 2.29. The Kier molecular flexibility index (Phi) is 2.68. The normalized spacial score (nSPS) is 13.1. The highest BCUT2D eigenvalue weighted by Gasteiger charge is 2.23. The molecule has 0 fully saturated rings. The minimum absolute atomic E-state index is 0.0974. The molecule has 0 amide bonds. The van der Waals surface area contributed by atoms with E-state index in [1.807, 2.05) is 18.2 Å². The van der Waals surface area contributed by atoms with E-state index in [2.05, 4.69) is 9.97 Å². The predicted octanol–water partition coefficient (Wildman–Crippen LogP) is 2.95. The topological polar surface area (TPSA) is 42.9 Å². The van der Waals surface area contributed by atoms with E-state index in [0.717, 1.165) is 11.3 Å². The van der Waals surface area contributed by atoms with Gasteiger partial charge in [0.25, 0.3) is 0 Å². The summed E-state index contributed by atoms with van der Waals surface area (Å²) >= 11 is 5.95. The zero-order valence-corrected chi connectivity index (χ0v) is 10.2. The molecule has 3 rings (SSSR count). The third kappa shape index (κ3) is 1.73. The Bertz CT molecular complexity index is 664. The van der Waals surface area contributed by atoms with Crippen LogP contribution >= 0.6 is 11.6 Å². The Labute approximate surface area is 109 Å². The number of aromatic nitrogens is 2. The van der Waals surface area contributed by atoms with Gasteiger partial charge < -0.3 is 0 Å². The van der Waals surface area contributed by atoms with Crippen LogP contribution in [0.25, 0.3) is 5.57 Å². The number of hydrogen-bond donors (Lipinski definition) is 0. The summed E-state index contributed by atoms with van der Waals surface area (Å²) in [5.74, 6) is -0.0974. The summed E-state index contributed by atoms with van der Waals surface area (Å²) in [5.41, 5.74) is 2.92. The average molecular weight is 257 g/mol. The third-order valence-corrected chi connectivity index (χ3v) is 3.23. The molecule has 0 aliphatic heterocycles. The fourth-order valence-electron chi connectivity index (χ4n) is 2.07. The van der Waals surface area contributed by atoms with Crippen LogP contribution in [0.4, 0.5) is 0 Å². The fraction of sp³-hybridized carbons (Fsp3) is 0.0714. The first-order valence-electron chi connectivity index (χ1n) is 5.57. The van der Waals surface area contributed by atoms with Gasteiger partial charge in [0, 0.05) is 30.0 Å². The number of rotatable bonds is 2. The van der Waals surface area contributed by atoms with Crippen LogP contribution in [-0.4, -0.2) is 15.8 Å². The van der Waals surface area contributed by atoms with Crippen molar-refractivity contribution in [3.8, 4) is 0 Å². The van der Waals surface area contributed by atoms with Crippen molar-refractivity contribution in [2.24, 2.45) is 0 Å². The summed E-state index contributed by atoms with van der Waals surface area (Å²) in [4.78, 5) is 20.6. The number of carbonyl (C=O) groups excluding carboxylic acids is 1. The first-order chi connectivity index (χ1) is 8.77. The van der Waals surface area contributed by atoms with E-state index in [9.17, 15) is 4.79 Å². The van der Waals surface area contributed by atoms with Crippen LogP contribution in [-0.2, 0) is 6.42 Å². The fourth-order valence-corrected chi connectivity index (χ4v) is 2.28. The summed E-state index contributed by atoms with van der Waals surface area (Å²) < 4.78 is 0. The molecule has 2 aromatic rings. The number of allylic oxidation sites excluding steroid dienone is 2. The van der Waals surface area contributed by atoms with E-state index < -0.39 is 0 Å². The smallest absolute Gasteiger partial charge is 0.196 e. The molecule has 1 aliphatic carbocycles. The Hall–Kier alpha value is -2.00. The number of nitrogens with zero attached hydrogens (tertiary/aromatic N) is 2. The molecule has 3 nitrogen and oxygen atoms in total. The van der Waals surface area contributed by atoms with E-state index in [-0.39, 0.29) is 10.9 Å². The van der Waals surface area contributed by atoms with E-state index >= 15 is 0 Å². The molecule has 2 aromatic heterocycles. The highest BCUT2D eigenvalue weighted by atomic mass is 35.5. The summed E-state index contributed by atoms with van der Waals surface area (Å²) in [5, 5.41) is 0.237. The Morgan fingerprint density at radius 3 is 2.78 bits per heavy atom. The van der Waals surface area contributed by atoms with Gasteiger partial charge in [0.05, 0.1) is 11.3 Å². The van der Waals surface area contributed by atoms with Gasteiger partial charge in [0.1, 0.15) is 5.15 Å². The van der Waals surface area contributed by atoms with Crippen molar-refractivity contribution < 1.29 is 4.79 Å². The number of halogens is 1. The average Bonchev–Trinajstić information content (AvgIpc) is 2.82. The van der Waals surface area contributed by atoms with Gasteiger partial charge in [-0.3, -0.25) is 9.78 Å². The molecule has 0 bridgehead atoms. The van der Waals surface area contributed by atoms with E-state index in [0.29, 0.717) is 17.6 Å². The van der Waals surface area contributed by atoms with Gasteiger partial charge in [-0.25, -0.2) is 4.98 Å². The molecule has 0 spiro atoms. The van der Waals surface area contributed by atoms with Crippen molar-refractivity contribution in [3.63, 3.8) is 0 Å².